The van der Waals surface area contributed by atoms with Gasteiger partial charge in [0.2, 0.25) is 0 Å². The van der Waals surface area contributed by atoms with Gasteiger partial charge in [-0.15, -0.1) is 0 Å². The van der Waals surface area contributed by atoms with Crippen LogP contribution in [0.2, 0.25) is 0 Å². The van der Waals surface area contributed by atoms with Crippen LogP contribution >= 0.6 is 0 Å². The molecule has 0 spiro atoms. The van der Waals surface area contributed by atoms with Crippen molar-refractivity contribution < 1.29 is 9.53 Å². The van der Waals surface area contributed by atoms with Gasteiger partial charge in [0.25, 0.3) is 5.91 Å². The predicted octanol–water partition coefficient (Wildman–Crippen LogP) is 3.15. The molecule has 0 bridgehead atoms. The van der Waals surface area contributed by atoms with Crippen molar-refractivity contribution in [1.82, 2.24) is 5.32 Å². The molecule has 1 saturated carbocycles. The van der Waals surface area contributed by atoms with Crippen LogP contribution in [-0.2, 0) is 0 Å². The van der Waals surface area contributed by atoms with Crippen LogP contribution in [0.15, 0.2) is 24.3 Å². The van der Waals surface area contributed by atoms with Gasteiger partial charge in [-0.25, -0.2) is 0 Å². The Morgan fingerprint density at radius 2 is 1.94 bits per heavy atom. The van der Waals surface area contributed by atoms with Crippen molar-refractivity contribution >= 4 is 5.91 Å². The zero-order chi connectivity index (χ0) is 12.8. The van der Waals surface area contributed by atoms with Gasteiger partial charge >= 0.3 is 0 Å². The Kier molecular flexibility index (Phi) is 4.62. The standard InChI is InChI=1S/C15H21NO2/c1-2-11-16-15(17)12-7-9-14(10-8-12)18-13-5-3-4-6-13/h7-10,13H,2-6,11H2,1H3,(H,16,17). The number of hydrogen-bond donors (Lipinski definition) is 1. The van der Waals surface area contributed by atoms with Crippen LogP contribution in [0.5, 0.6) is 5.75 Å². The minimum atomic E-state index is -0.00994. The van der Waals surface area contributed by atoms with Gasteiger partial charge in [0.05, 0.1) is 6.10 Å². The third-order valence-electron chi connectivity index (χ3n) is 3.26. The minimum Gasteiger partial charge on any atom is -0.490 e. The molecule has 0 saturated heterocycles. The lowest BCUT2D eigenvalue weighted by atomic mass is 10.2. The highest BCUT2D eigenvalue weighted by Crippen LogP contribution is 2.24. The van der Waals surface area contributed by atoms with Gasteiger partial charge in [-0.05, 0) is 56.4 Å². The molecule has 1 amide bonds. The SMILES string of the molecule is CCCNC(=O)c1ccc(OC2CCCC2)cc1. The van der Waals surface area contributed by atoms with Crippen LogP contribution in [0.3, 0.4) is 0 Å². The van der Waals surface area contributed by atoms with Crippen LogP contribution in [0.1, 0.15) is 49.4 Å². The number of nitrogens with one attached hydrogen (secondary N) is 1. The van der Waals surface area contributed by atoms with Gasteiger partial charge in [-0.1, -0.05) is 6.92 Å². The molecule has 1 aliphatic rings. The molecule has 1 aliphatic carbocycles. The molecular formula is C15H21NO2. The average molecular weight is 247 g/mol. The van der Waals surface area contributed by atoms with Crippen molar-refractivity contribution in [3.05, 3.63) is 29.8 Å². The molecule has 1 aromatic rings. The largest absolute Gasteiger partial charge is 0.490 e. The maximum Gasteiger partial charge on any atom is 0.251 e. The summed E-state index contributed by atoms with van der Waals surface area (Å²) in [6.45, 7) is 2.76. The van der Waals surface area contributed by atoms with Gasteiger partial charge in [-0.3, -0.25) is 4.79 Å². The number of carbonyl (C=O) groups excluding carboxylic acids is 1. The highest BCUT2D eigenvalue weighted by atomic mass is 16.5. The van der Waals surface area contributed by atoms with E-state index in [0.717, 1.165) is 31.6 Å². The molecule has 2 rings (SSSR count). The monoisotopic (exact) mass is 247 g/mol. The molecule has 0 aliphatic heterocycles. The highest BCUT2D eigenvalue weighted by molar-refractivity contribution is 5.94. The van der Waals surface area contributed by atoms with E-state index in [1.807, 2.05) is 31.2 Å². The second kappa shape index (κ2) is 6.43. The maximum absolute atomic E-state index is 11.7. The smallest absolute Gasteiger partial charge is 0.251 e. The summed E-state index contributed by atoms with van der Waals surface area (Å²) in [5, 5.41) is 2.86. The van der Waals surface area contributed by atoms with E-state index in [9.17, 15) is 4.79 Å². The second-order valence-corrected chi connectivity index (χ2v) is 4.80. The Bertz CT molecular complexity index is 380. The molecule has 18 heavy (non-hydrogen) atoms. The summed E-state index contributed by atoms with van der Waals surface area (Å²) >= 11 is 0. The van der Waals surface area contributed by atoms with E-state index in [-0.39, 0.29) is 5.91 Å². The summed E-state index contributed by atoms with van der Waals surface area (Å²) < 4.78 is 5.86. The maximum atomic E-state index is 11.7. The van der Waals surface area contributed by atoms with Crippen molar-refractivity contribution in [2.24, 2.45) is 0 Å². The number of benzene rings is 1. The highest BCUT2D eigenvalue weighted by Gasteiger charge is 2.16. The zero-order valence-electron chi connectivity index (χ0n) is 10.9. The lowest BCUT2D eigenvalue weighted by Crippen LogP contribution is -2.23. The summed E-state index contributed by atoms with van der Waals surface area (Å²) in [6.07, 6.45) is 6.15. The molecular weight excluding hydrogens is 226 g/mol. The van der Waals surface area contributed by atoms with E-state index in [4.69, 9.17) is 4.74 Å². The normalized spacial score (nSPS) is 15.6. The molecule has 0 atom stereocenters. The van der Waals surface area contributed by atoms with Gasteiger partial charge in [0, 0.05) is 12.1 Å². The molecule has 0 aromatic heterocycles. The summed E-state index contributed by atoms with van der Waals surface area (Å²) in [5.74, 6) is 0.859. The first-order chi connectivity index (χ1) is 8.79. The molecule has 98 valence electrons. The Hall–Kier alpha value is -1.51. The van der Waals surface area contributed by atoms with Crippen molar-refractivity contribution in [3.63, 3.8) is 0 Å². The lowest BCUT2D eigenvalue weighted by molar-refractivity contribution is 0.0953. The van der Waals surface area contributed by atoms with Crippen molar-refractivity contribution in [2.45, 2.75) is 45.1 Å². The van der Waals surface area contributed by atoms with Crippen molar-refractivity contribution in [3.8, 4) is 5.75 Å². The van der Waals surface area contributed by atoms with Crippen LogP contribution < -0.4 is 10.1 Å². The third kappa shape index (κ3) is 3.49. The zero-order valence-corrected chi connectivity index (χ0v) is 10.9. The Labute approximate surface area is 109 Å². The van der Waals surface area contributed by atoms with E-state index in [0.29, 0.717) is 11.7 Å². The van der Waals surface area contributed by atoms with Gasteiger partial charge in [0.15, 0.2) is 0 Å². The van der Waals surface area contributed by atoms with Crippen molar-refractivity contribution in [2.75, 3.05) is 6.54 Å². The van der Waals surface area contributed by atoms with Gasteiger partial charge in [-0.2, -0.15) is 0 Å². The van der Waals surface area contributed by atoms with E-state index < -0.39 is 0 Å². The number of amides is 1. The summed E-state index contributed by atoms with van der Waals surface area (Å²) in [6, 6.07) is 7.43. The Morgan fingerprint density at radius 1 is 1.28 bits per heavy atom. The molecule has 3 nitrogen and oxygen atoms in total. The number of hydrogen-bond acceptors (Lipinski definition) is 2. The summed E-state index contributed by atoms with van der Waals surface area (Å²) in [5.41, 5.74) is 0.697. The van der Waals surface area contributed by atoms with Crippen LogP contribution in [0.4, 0.5) is 0 Å². The van der Waals surface area contributed by atoms with E-state index in [1.54, 1.807) is 0 Å². The topological polar surface area (TPSA) is 38.3 Å². The van der Waals surface area contributed by atoms with Gasteiger partial charge < -0.3 is 10.1 Å². The molecule has 1 aromatic carbocycles. The van der Waals surface area contributed by atoms with E-state index in [1.165, 1.54) is 12.8 Å². The van der Waals surface area contributed by atoms with Crippen LogP contribution in [0, 0.1) is 0 Å². The molecule has 0 radical (unpaired) electrons. The third-order valence-corrected chi connectivity index (χ3v) is 3.26. The fraction of sp³-hybridized carbons (Fsp3) is 0.533. The number of rotatable bonds is 5. The predicted molar refractivity (Wildman–Crippen MR) is 72.0 cm³/mol. The second-order valence-electron chi connectivity index (χ2n) is 4.80. The molecule has 0 heterocycles. The average Bonchev–Trinajstić information content (AvgIpc) is 2.89. The quantitative estimate of drug-likeness (QED) is 0.868. The minimum absolute atomic E-state index is 0.00994. The first-order valence-electron chi connectivity index (χ1n) is 6.84. The lowest BCUT2D eigenvalue weighted by Gasteiger charge is -2.13. The van der Waals surface area contributed by atoms with Crippen molar-refractivity contribution in [1.29, 1.82) is 0 Å². The summed E-state index contributed by atoms with van der Waals surface area (Å²) in [4.78, 5) is 11.7. The fourth-order valence-electron chi connectivity index (χ4n) is 2.22. The summed E-state index contributed by atoms with van der Waals surface area (Å²) in [7, 11) is 0. The van der Waals surface area contributed by atoms with E-state index in [2.05, 4.69) is 5.32 Å². The van der Waals surface area contributed by atoms with E-state index >= 15 is 0 Å². The first kappa shape index (κ1) is 12.9. The van der Waals surface area contributed by atoms with Crippen LogP contribution in [-0.4, -0.2) is 18.6 Å². The number of carbonyl (C=O) groups is 1. The molecule has 1 fully saturated rings. The first-order valence-corrected chi connectivity index (χ1v) is 6.84. The number of ether oxygens (including phenoxy) is 1. The molecule has 3 heteroatoms. The van der Waals surface area contributed by atoms with Crippen LogP contribution in [0.25, 0.3) is 0 Å². The fourth-order valence-corrected chi connectivity index (χ4v) is 2.22. The van der Waals surface area contributed by atoms with Gasteiger partial charge in [0.1, 0.15) is 5.75 Å². The molecule has 1 N–H and O–H groups in total. The Morgan fingerprint density at radius 3 is 2.56 bits per heavy atom. The molecule has 0 unspecified atom stereocenters. The Balaban J connectivity index is 1.90.